The maximum Gasteiger partial charge on any atom is 0.203 e. The Hall–Kier alpha value is -2.04. The van der Waals surface area contributed by atoms with Gasteiger partial charge in [0.2, 0.25) is 6.23 Å². The summed E-state index contributed by atoms with van der Waals surface area (Å²) in [6.07, 6.45) is -0.184. The fourth-order valence-electron chi connectivity index (χ4n) is 3.48. The first-order chi connectivity index (χ1) is 12.2. The van der Waals surface area contributed by atoms with Gasteiger partial charge in [0.25, 0.3) is 0 Å². The second kappa shape index (κ2) is 5.75. The van der Waals surface area contributed by atoms with Crippen LogP contribution in [0.25, 0.3) is 22.2 Å². The van der Waals surface area contributed by atoms with Crippen molar-refractivity contribution in [2.24, 2.45) is 0 Å². The summed E-state index contributed by atoms with van der Waals surface area (Å²) < 4.78 is 10.8. The van der Waals surface area contributed by atoms with Gasteiger partial charge in [-0.15, -0.1) is 0 Å². The topological polar surface area (TPSA) is 14.2 Å². The van der Waals surface area contributed by atoms with Crippen LogP contribution in [-0.2, 0) is 0 Å². The van der Waals surface area contributed by atoms with Crippen LogP contribution in [0.5, 0.6) is 5.75 Å². The number of nitrogens with zero attached hydrogens (tertiary/aromatic N) is 1. The number of fused-ring (bicyclic) bond motifs is 5. The third-order valence-corrected chi connectivity index (χ3v) is 5.56. The van der Waals surface area contributed by atoms with E-state index in [1.165, 1.54) is 16.6 Å². The van der Waals surface area contributed by atoms with Gasteiger partial charge in [0, 0.05) is 25.5 Å². The van der Waals surface area contributed by atoms with E-state index in [0.29, 0.717) is 0 Å². The molecule has 0 N–H and O–H groups in total. The van der Waals surface area contributed by atoms with Crippen molar-refractivity contribution >= 4 is 42.8 Å². The monoisotopic (exact) mass is 453 g/mol. The van der Waals surface area contributed by atoms with Crippen LogP contribution in [0.2, 0.25) is 0 Å². The third-order valence-electron chi connectivity index (χ3n) is 4.58. The molecule has 4 aromatic rings. The fraction of sp³-hybridized carbons (Fsp3) is 0.0476. The summed E-state index contributed by atoms with van der Waals surface area (Å²) in [5.74, 6) is 0.901. The highest BCUT2D eigenvalue weighted by Crippen LogP contribution is 2.45. The minimum Gasteiger partial charge on any atom is -0.465 e. The van der Waals surface area contributed by atoms with E-state index in [0.717, 1.165) is 25.8 Å². The first-order valence-corrected chi connectivity index (χ1v) is 9.61. The highest BCUT2D eigenvalue weighted by molar-refractivity contribution is 9.10. The summed E-state index contributed by atoms with van der Waals surface area (Å²) in [5, 5.41) is 1.20. The largest absolute Gasteiger partial charge is 0.465 e. The first kappa shape index (κ1) is 15.2. The molecule has 0 unspecified atom stereocenters. The highest BCUT2D eigenvalue weighted by atomic mass is 79.9. The van der Waals surface area contributed by atoms with Gasteiger partial charge in [-0.1, -0.05) is 62.2 Å². The molecule has 1 aliphatic rings. The molecule has 0 bridgehead atoms. The number of aromatic nitrogens is 1. The van der Waals surface area contributed by atoms with E-state index in [4.69, 9.17) is 4.74 Å². The van der Waals surface area contributed by atoms with Crippen LogP contribution in [0.3, 0.4) is 0 Å². The van der Waals surface area contributed by atoms with E-state index in [1.807, 2.05) is 12.1 Å². The zero-order valence-corrected chi connectivity index (χ0v) is 16.3. The number of halogens is 2. The van der Waals surface area contributed by atoms with Crippen molar-refractivity contribution in [3.63, 3.8) is 0 Å². The van der Waals surface area contributed by atoms with Crippen LogP contribution in [0, 0.1) is 0 Å². The lowest BCUT2D eigenvalue weighted by atomic mass is 10.1. The summed E-state index contributed by atoms with van der Waals surface area (Å²) in [7, 11) is 0. The summed E-state index contributed by atoms with van der Waals surface area (Å²) >= 11 is 7.14. The average Bonchev–Trinajstić information content (AvgIpc) is 3.00. The Bertz CT molecular complexity index is 1100. The van der Waals surface area contributed by atoms with Gasteiger partial charge in [0.1, 0.15) is 5.75 Å². The van der Waals surface area contributed by atoms with Crippen molar-refractivity contribution in [1.82, 2.24) is 4.57 Å². The van der Waals surface area contributed by atoms with Crippen LogP contribution >= 0.6 is 31.9 Å². The Labute approximate surface area is 162 Å². The average molecular weight is 455 g/mol. The summed E-state index contributed by atoms with van der Waals surface area (Å²) in [6, 6.07) is 25.2. The van der Waals surface area contributed by atoms with Crippen molar-refractivity contribution < 1.29 is 4.74 Å². The van der Waals surface area contributed by atoms with Crippen LogP contribution in [0.15, 0.2) is 81.7 Å². The molecular weight excluding hydrogens is 442 g/mol. The zero-order chi connectivity index (χ0) is 17.0. The molecule has 25 heavy (non-hydrogen) atoms. The summed E-state index contributed by atoms with van der Waals surface area (Å²) in [4.78, 5) is 0. The van der Waals surface area contributed by atoms with Crippen LogP contribution < -0.4 is 4.74 Å². The van der Waals surface area contributed by atoms with Crippen molar-refractivity contribution in [3.05, 3.63) is 87.3 Å². The van der Waals surface area contributed by atoms with Crippen LogP contribution in [-0.4, -0.2) is 4.57 Å². The molecule has 0 amide bonds. The number of benzene rings is 3. The predicted octanol–water partition coefficient (Wildman–Crippen LogP) is 6.77. The van der Waals surface area contributed by atoms with Gasteiger partial charge in [-0.25, -0.2) is 0 Å². The lowest BCUT2D eigenvalue weighted by Gasteiger charge is -2.30. The lowest BCUT2D eigenvalue weighted by Crippen LogP contribution is -2.22. The second-order valence-corrected chi connectivity index (χ2v) is 7.96. The molecule has 1 aromatic heterocycles. The van der Waals surface area contributed by atoms with Crippen molar-refractivity contribution in [1.29, 1.82) is 0 Å². The molecule has 122 valence electrons. The molecule has 2 nitrogen and oxygen atoms in total. The molecule has 0 spiro atoms. The molecule has 1 atom stereocenters. The maximum absolute atomic E-state index is 6.44. The van der Waals surface area contributed by atoms with Gasteiger partial charge in [-0.05, 0) is 42.5 Å². The molecule has 1 aliphatic heterocycles. The Morgan fingerprint density at radius 1 is 0.800 bits per heavy atom. The minimum absolute atomic E-state index is 0.184. The van der Waals surface area contributed by atoms with E-state index >= 15 is 0 Å². The molecule has 0 saturated carbocycles. The highest BCUT2D eigenvalue weighted by Gasteiger charge is 2.28. The van der Waals surface area contributed by atoms with E-state index in [2.05, 4.69) is 97.1 Å². The summed E-state index contributed by atoms with van der Waals surface area (Å²) in [6.45, 7) is 0. The predicted molar refractivity (Wildman–Crippen MR) is 108 cm³/mol. The number of ether oxygens (including phenoxy) is 1. The molecule has 4 heteroatoms. The van der Waals surface area contributed by atoms with Crippen molar-refractivity contribution in [3.8, 4) is 17.0 Å². The van der Waals surface area contributed by atoms with Crippen LogP contribution in [0.4, 0.5) is 0 Å². The van der Waals surface area contributed by atoms with E-state index in [-0.39, 0.29) is 6.23 Å². The normalized spacial score (nSPS) is 15.5. The van der Waals surface area contributed by atoms with Gasteiger partial charge in [0.15, 0.2) is 0 Å². The second-order valence-electron chi connectivity index (χ2n) is 6.12. The number of hydrogen-bond donors (Lipinski definition) is 0. The Morgan fingerprint density at radius 3 is 2.40 bits per heavy atom. The third kappa shape index (κ3) is 2.43. The van der Waals surface area contributed by atoms with E-state index in [1.54, 1.807) is 0 Å². The number of hydrogen-bond acceptors (Lipinski definition) is 1. The standard InChI is InChI=1S/C21H13Br2NO/c22-15-7-9-18-14(10-15)11-19-17-8-6-16(23)12-20(17)25-21(24(18)19)13-4-2-1-3-5-13/h1-12,21H/t21-/m0/s1. The zero-order valence-electron chi connectivity index (χ0n) is 13.1. The first-order valence-electron chi connectivity index (χ1n) is 8.03. The van der Waals surface area contributed by atoms with Crippen molar-refractivity contribution in [2.45, 2.75) is 6.23 Å². The molecule has 0 radical (unpaired) electrons. The minimum atomic E-state index is -0.184. The van der Waals surface area contributed by atoms with Gasteiger partial charge in [-0.3, -0.25) is 0 Å². The Kier molecular flexibility index (Phi) is 3.50. The molecule has 2 heterocycles. The smallest absolute Gasteiger partial charge is 0.203 e. The fourth-order valence-corrected chi connectivity index (χ4v) is 4.20. The maximum atomic E-state index is 6.44. The van der Waals surface area contributed by atoms with E-state index < -0.39 is 0 Å². The van der Waals surface area contributed by atoms with Crippen molar-refractivity contribution in [2.75, 3.05) is 0 Å². The molecule has 0 aliphatic carbocycles. The SMILES string of the molecule is Brc1ccc2c(c1)O[C@@H](c1ccccc1)n1c-2cc2cc(Br)ccc21. The van der Waals surface area contributed by atoms with Gasteiger partial charge in [0.05, 0.1) is 11.2 Å². The molecule has 5 rings (SSSR count). The lowest BCUT2D eigenvalue weighted by molar-refractivity contribution is 0.173. The van der Waals surface area contributed by atoms with E-state index in [9.17, 15) is 0 Å². The van der Waals surface area contributed by atoms with Gasteiger partial charge in [-0.2, -0.15) is 0 Å². The molecule has 0 fully saturated rings. The van der Waals surface area contributed by atoms with Crippen LogP contribution in [0.1, 0.15) is 11.8 Å². The quantitative estimate of drug-likeness (QED) is 0.309. The molecular formula is C21H13Br2NO. The van der Waals surface area contributed by atoms with Gasteiger partial charge >= 0.3 is 0 Å². The molecule has 3 aromatic carbocycles. The number of rotatable bonds is 1. The van der Waals surface area contributed by atoms with Gasteiger partial charge < -0.3 is 9.30 Å². The molecule has 0 saturated heterocycles. The Balaban J connectivity index is 1.84. The Morgan fingerprint density at radius 2 is 1.56 bits per heavy atom. The summed E-state index contributed by atoms with van der Waals surface area (Å²) in [5.41, 5.74) is 4.59.